The molecule has 0 atom stereocenters. The Morgan fingerprint density at radius 2 is 2.15 bits per heavy atom. The van der Waals surface area contributed by atoms with Crippen LogP contribution in [-0.2, 0) is 4.79 Å². The van der Waals surface area contributed by atoms with Crippen molar-refractivity contribution >= 4 is 12.2 Å². The van der Waals surface area contributed by atoms with Crippen LogP contribution in [0.1, 0.15) is 25.7 Å². The minimum Gasteiger partial charge on any atom is -0.370 e. The Hall–Kier alpha value is -1.06. The monoisotopic (exact) mass is 183 g/mol. The third-order valence-electron chi connectivity index (χ3n) is 2.65. The molecule has 0 saturated carbocycles. The predicted octanol–water partition coefficient (Wildman–Crippen LogP) is 0.571. The average molecular weight is 183 g/mol. The first-order valence-corrected chi connectivity index (χ1v) is 4.76. The summed E-state index contributed by atoms with van der Waals surface area (Å²) in [5, 5.41) is 7.24. The van der Waals surface area contributed by atoms with Gasteiger partial charge in [0.1, 0.15) is 6.29 Å². The van der Waals surface area contributed by atoms with Crippen molar-refractivity contribution in [1.29, 1.82) is 5.41 Å². The number of hydrogen-bond acceptors (Lipinski definition) is 2. The molecule has 0 aromatic carbocycles. The molecule has 74 valence electrons. The maximum Gasteiger partial charge on any atom is 0.188 e. The average Bonchev–Trinajstić information content (AvgIpc) is 2.15. The number of carbonyl (C=O) groups excluding carboxylic acids is 1. The van der Waals surface area contributed by atoms with Gasteiger partial charge in [0.15, 0.2) is 5.96 Å². The van der Waals surface area contributed by atoms with Crippen LogP contribution in [0.4, 0.5) is 0 Å². The number of nitrogens with one attached hydrogen (secondary N) is 1. The molecule has 0 aliphatic carbocycles. The van der Waals surface area contributed by atoms with Crippen molar-refractivity contribution in [3.63, 3.8) is 0 Å². The molecular formula is C9H17N3O. The molecule has 0 radical (unpaired) electrons. The molecule has 0 bridgehead atoms. The van der Waals surface area contributed by atoms with E-state index in [0.29, 0.717) is 12.3 Å². The van der Waals surface area contributed by atoms with E-state index in [1.165, 1.54) is 0 Å². The fraction of sp³-hybridized carbons (Fsp3) is 0.778. The highest BCUT2D eigenvalue weighted by atomic mass is 16.1. The van der Waals surface area contributed by atoms with Crippen molar-refractivity contribution < 1.29 is 4.79 Å². The lowest BCUT2D eigenvalue weighted by Crippen LogP contribution is -2.42. The topological polar surface area (TPSA) is 70.2 Å². The van der Waals surface area contributed by atoms with E-state index >= 15 is 0 Å². The molecule has 4 nitrogen and oxygen atoms in total. The Kier molecular flexibility index (Phi) is 3.73. The van der Waals surface area contributed by atoms with Crippen LogP contribution in [0.2, 0.25) is 0 Å². The van der Waals surface area contributed by atoms with Gasteiger partial charge in [-0.15, -0.1) is 0 Å². The number of hydrogen-bond donors (Lipinski definition) is 2. The zero-order valence-corrected chi connectivity index (χ0v) is 7.83. The molecule has 13 heavy (non-hydrogen) atoms. The molecule has 1 aliphatic heterocycles. The van der Waals surface area contributed by atoms with Crippen molar-refractivity contribution in [2.45, 2.75) is 25.7 Å². The standard InChI is InChI=1S/C9H17N3O/c10-9(11)12-5-3-8(4-6-12)2-1-7-13/h7-8H,1-6H2,(H3,10,11). The molecule has 1 aliphatic rings. The van der Waals surface area contributed by atoms with Crippen LogP contribution in [0.15, 0.2) is 0 Å². The SMILES string of the molecule is N=C(N)N1CCC(CCC=O)CC1. The Bertz CT molecular complexity index is 185. The Morgan fingerprint density at radius 1 is 1.54 bits per heavy atom. The van der Waals surface area contributed by atoms with Crippen molar-refractivity contribution in [1.82, 2.24) is 4.90 Å². The van der Waals surface area contributed by atoms with Gasteiger partial charge in [0.2, 0.25) is 0 Å². The predicted molar refractivity (Wildman–Crippen MR) is 51.5 cm³/mol. The summed E-state index contributed by atoms with van der Waals surface area (Å²) in [5.41, 5.74) is 5.37. The van der Waals surface area contributed by atoms with Crippen LogP contribution in [0.25, 0.3) is 0 Å². The number of nitrogens with two attached hydrogens (primary N) is 1. The highest BCUT2D eigenvalue weighted by Crippen LogP contribution is 2.20. The Balaban J connectivity index is 2.22. The lowest BCUT2D eigenvalue weighted by atomic mass is 9.93. The fourth-order valence-corrected chi connectivity index (χ4v) is 1.77. The zero-order chi connectivity index (χ0) is 9.68. The van der Waals surface area contributed by atoms with Gasteiger partial charge in [0.25, 0.3) is 0 Å². The van der Waals surface area contributed by atoms with E-state index in [9.17, 15) is 4.79 Å². The number of rotatable bonds is 3. The summed E-state index contributed by atoms with van der Waals surface area (Å²) in [6.45, 7) is 1.75. The lowest BCUT2D eigenvalue weighted by molar-refractivity contribution is -0.108. The number of carbonyl (C=O) groups is 1. The van der Waals surface area contributed by atoms with E-state index < -0.39 is 0 Å². The summed E-state index contributed by atoms with van der Waals surface area (Å²) in [7, 11) is 0. The van der Waals surface area contributed by atoms with Crippen molar-refractivity contribution in [3.8, 4) is 0 Å². The van der Waals surface area contributed by atoms with Gasteiger partial charge in [-0.3, -0.25) is 5.41 Å². The minimum atomic E-state index is 0.175. The second-order valence-electron chi connectivity index (χ2n) is 3.56. The van der Waals surface area contributed by atoms with Gasteiger partial charge in [-0.25, -0.2) is 0 Å². The smallest absolute Gasteiger partial charge is 0.188 e. The quantitative estimate of drug-likeness (QED) is 0.382. The van der Waals surface area contributed by atoms with Crippen molar-refractivity contribution in [2.75, 3.05) is 13.1 Å². The molecule has 1 heterocycles. The van der Waals surface area contributed by atoms with E-state index in [-0.39, 0.29) is 5.96 Å². The molecule has 4 heteroatoms. The Morgan fingerprint density at radius 3 is 2.62 bits per heavy atom. The summed E-state index contributed by atoms with van der Waals surface area (Å²) in [6.07, 6.45) is 4.78. The van der Waals surface area contributed by atoms with Gasteiger partial charge in [-0.2, -0.15) is 0 Å². The molecule has 0 unspecified atom stereocenters. The van der Waals surface area contributed by atoms with Crippen LogP contribution in [0.3, 0.4) is 0 Å². The summed E-state index contributed by atoms with van der Waals surface area (Å²) >= 11 is 0. The van der Waals surface area contributed by atoms with Gasteiger partial charge < -0.3 is 15.4 Å². The largest absolute Gasteiger partial charge is 0.370 e. The van der Waals surface area contributed by atoms with Gasteiger partial charge in [-0.1, -0.05) is 0 Å². The number of guanidine groups is 1. The van der Waals surface area contributed by atoms with Gasteiger partial charge in [0.05, 0.1) is 0 Å². The minimum absolute atomic E-state index is 0.175. The van der Waals surface area contributed by atoms with Crippen LogP contribution >= 0.6 is 0 Å². The number of likely N-dealkylation sites (tertiary alicyclic amines) is 1. The first-order valence-electron chi connectivity index (χ1n) is 4.76. The van der Waals surface area contributed by atoms with Crippen molar-refractivity contribution in [2.24, 2.45) is 11.7 Å². The first kappa shape index (κ1) is 10.0. The first-order chi connectivity index (χ1) is 6.24. The Labute approximate surface area is 78.6 Å². The zero-order valence-electron chi connectivity index (χ0n) is 7.83. The van der Waals surface area contributed by atoms with E-state index in [4.69, 9.17) is 11.1 Å². The molecule has 1 rings (SSSR count). The van der Waals surface area contributed by atoms with E-state index in [1.807, 2.05) is 4.90 Å². The van der Waals surface area contributed by atoms with Crippen LogP contribution in [0, 0.1) is 11.3 Å². The summed E-state index contributed by atoms with van der Waals surface area (Å²) in [4.78, 5) is 12.0. The maximum absolute atomic E-state index is 10.2. The third kappa shape index (κ3) is 3.05. The molecule has 0 amide bonds. The summed E-state index contributed by atoms with van der Waals surface area (Å²) in [5.74, 6) is 0.828. The van der Waals surface area contributed by atoms with E-state index in [1.54, 1.807) is 0 Å². The van der Waals surface area contributed by atoms with Crippen LogP contribution in [0.5, 0.6) is 0 Å². The molecule has 0 aromatic heterocycles. The fourth-order valence-electron chi connectivity index (χ4n) is 1.77. The highest BCUT2D eigenvalue weighted by molar-refractivity contribution is 5.74. The molecule has 0 aromatic rings. The summed E-state index contributed by atoms with van der Waals surface area (Å²) in [6, 6.07) is 0. The lowest BCUT2D eigenvalue weighted by Gasteiger charge is -2.31. The molecule has 3 N–H and O–H groups in total. The van der Waals surface area contributed by atoms with Crippen LogP contribution in [-0.4, -0.2) is 30.2 Å². The van der Waals surface area contributed by atoms with E-state index in [2.05, 4.69) is 0 Å². The van der Waals surface area contributed by atoms with E-state index in [0.717, 1.165) is 38.6 Å². The van der Waals surface area contributed by atoms with Gasteiger partial charge in [0, 0.05) is 19.5 Å². The summed E-state index contributed by atoms with van der Waals surface area (Å²) < 4.78 is 0. The van der Waals surface area contributed by atoms with Gasteiger partial charge >= 0.3 is 0 Å². The molecular weight excluding hydrogens is 166 g/mol. The number of piperidine rings is 1. The number of aldehydes is 1. The van der Waals surface area contributed by atoms with Crippen LogP contribution < -0.4 is 5.73 Å². The van der Waals surface area contributed by atoms with Gasteiger partial charge in [-0.05, 0) is 25.2 Å². The molecule has 0 spiro atoms. The maximum atomic E-state index is 10.2. The highest BCUT2D eigenvalue weighted by Gasteiger charge is 2.18. The normalized spacial score (nSPS) is 18.6. The second kappa shape index (κ2) is 4.84. The second-order valence-corrected chi connectivity index (χ2v) is 3.56. The molecule has 1 fully saturated rings. The molecule has 1 saturated heterocycles. The van der Waals surface area contributed by atoms with Crippen molar-refractivity contribution in [3.05, 3.63) is 0 Å². The third-order valence-corrected chi connectivity index (χ3v) is 2.65. The number of nitrogens with zero attached hydrogens (tertiary/aromatic N) is 1.